The minimum Gasteiger partial charge on any atom is -0.320 e. The van der Waals surface area contributed by atoms with E-state index in [-0.39, 0.29) is 0 Å². The lowest BCUT2D eigenvalue weighted by atomic mass is 10.3. The van der Waals surface area contributed by atoms with Gasteiger partial charge in [0.2, 0.25) is 0 Å². The highest BCUT2D eigenvalue weighted by Crippen LogP contribution is 2.32. The van der Waals surface area contributed by atoms with Crippen LogP contribution in [0.4, 0.5) is 10.8 Å². The molecule has 2 aromatic rings. The molecular weight excluding hydrogens is 286 g/mol. The Kier molecular flexibility index (Phi) is 3.22. The number of para-hydroxylation sites is 1. The summed E-state index contributed by atoms with van der Waals surface area (Å²) in [7, 11) is 1.93. The van der Waals surface area contributed by atoms with Gasteiger partial charge in [-0.05, 0) is 28.1 Å². The van der Waals surface area contributed by atoms with E-state index < -0.39 is 0 Å². The van der Waals surface area contributed by atoms with Crippen LogP contribution in [0.25, 0.3) is 0 Å². The van der Waals surface area contributed by atoms with E-state index in [1.165, 1.54) is 11.3 Å². The Balaban J connectivity index is 2.36. The molecule has 3 nitrogen and oxygen atoms in total. The Bertz CT molecular complexity index is 544. The molecule has 0 bridgehead atoms. The summed E-state index contributed by atoms with van der Waals surface area (Å²) in [5.41, 5.74) is 1.03. The van der Waals surface area contributed by atoms with Crippen LogP contribution < -0.4 is 4.90 Å². The number of halogens is 1. The molecule has 0 N–H and O–H groups in total. The van der Waals surface area contributed by atoms with Crippen LogP contribution in [0.3, 0.4) is 0 Å². The van der Waals surface area contributed by atoms with Crippen molar-refractivity contribution in [3.8, 4) is 6.07 Å². The van der Waals surface area contributed by atoms with Crippen LogP contribution >= 0.6 is 27.3 Å². The van der Waals surface area contributed by atoms with Gasteiger partial charge in [-0.1, -0.05) is 23.5 Å². The summed E-state index contributed by atoms with van der Waals surface area (Å²) < 4.78 is 1.01. The van der Waals surface area contributed by atoms with Crippen molar-refractivity contribution in [1.82, 2.24) is 4.98 Å². The van der Waals surface area contributed by atoms with E-state index in [0.29, 0.717) is 4.88 Å². The summed E-state index contributed by atoms with van der Waals surface area (Å²) in [6.07, 6.45) is 1.59. The Labute approximate surface area is 106 Å². The predicted octanol–water partition coefficient (Wildman–Crippen LogP) is 3.55. The number of nitriles is 1. The third kappa shape index (κ3) is 2.08. The molecule has 2 rings (SSSR count). The van der Waals surface area contributed by atoms with Gasteiger partial charge in [-0.3, -0.25) is 0 Å². The maximum atomic E-state index is 8.75. The second kappa shape index (κ2) is 4.64. The van der Waals surface area contributed by atoms with Gasteiger partial charge < -0.3 is 4.90 Å². The maximum absolute atomic E-state index is 8.75. The summed E-state index contributed by atoms with van der Waals surface area (Å²) in [5.74, 6) is 0. The molecule has 0 spiro atoms. The van der Waals surface area contributed by atoms with Gasteiger partial charge in [0, 0.05) is 11.5 Å². The van der Waals surface area contributed by atoms with Gasteiger partial charge in [0.05, 0.1) is 11.9 Å². The van der Waals surface area contributed by atoms with Crippen molar-refractivity contribution < 1.29 is 0 Å². The second-order valence-corrected chi connectivity index (χ2v) is 4.99. The minimum absolute atomic E-state index is 0.619. The van der Waals surface area contributed by atoms with Gasteiger partial charge >= 0.3 is 0 Å². The number of aromatic nitrogens is 1. The molecule has 1 heterocycles. The smallest absolute Gasteiger partial charge is 0.190 e. The molecule has 0 amide bonds. The van der Waals surface area contributed by atoms with Gasteiger partial charge in [-0.25, -0.2) is 4.98 Å². The van der Waals surface area contributed by atoms with Crippen LogP contribution in [-0.4, -0.2) is 12.0 Å². The van der Waals surface area contributed by atoms with E-state index in [4.69, 9.17) is 5.26 Å². The van der Waals surface area contributed by atoms with E-state index in [1.54, 1.807) is 6.20 Å². The van der Waals surface area contributed by atoms with Crippen molar-refractivity contribution >= 4 is 38.1 Å². The van der Waals surface area contributed by atoms with Crippen LogP contribution in [0.5, 0.6) is 0 Å². The largest absolute Gasteiger partial charge is 0.320 e. The predicted molar refractivity (Wildman–Crippen MR) is 69.0 cm³/mol. The van der Waals surface area contributed by atoms with E-state index in [9.17, 15) is 0 Å². The number of thiazole rings is 1. The Morgan fingerprint density at radius 1 is 1.44 bits per heavy atom. The fourth-order valence-electron chi connectivity index (χ4n) is 1.30. The Morgan fingerprint density at radius 2 is 2.19 bits per heavy atom. The van der Waals surface area contributed by atoms with Crippen LogP contribution in [0.2, 0.25) is 0 Å². The topological polar surface area (TPSA) is 39.9 Å². The summed E-state index contributed by atoms with van der Waals surface area (Å²) in [6.45, 7) is 0. The van der Waals surface area contributed by atoms with Crippen LogP contribution in [-0.2, 0) is 0 Å². The lowest BCUT2D eigenvalue weighted by molar-refractivity contribution is 1.16. The fourth-order valence-corrected chi connectivity index (χ4v) is 2.54. The molecule has 0 aliphatic rings. The first kappa shape index (κ1) is 11.1. The highest BCUT2D eigenvalue weighted by atomic mass is 79.9. The molecule has 0 aliphatic carbocycles. The fraction of sp³-hybridized carbons (Fsp3) is 0.0909. The van der Waals surface area contributed by atoms with Gasteiger partial charge in [0.1, 0.15) is 10.9 Å². The lowest BCUT2D eigenvalue weighted by Crippen LogP contribution is -2.09. The summed E-state index contributed by atoms with van der Waals surface area (Å²) in [5, 5.41) is 9.56. The third-order valence-corrected chi connectivity index (χ3v) is 3.75. The molecule has 0 atom stereocenters. The van der Waals surface area contributed by atoms with Crippen LogP contribution in [0.1, 0.15) is 4.88 Å². The monoisotopic (exact) mass is 293 g/mol. The number of anilines is 2. The summed E-state index contributed by atoms with van der Waals surface area (Å²) >= 11 is 4.87. The highest BCUT2D eigenvalue weighted by molar-refractivity contribution is 9.10. The molecule has 0 saturated carbocycles. The van der Waals surface area contributed by atoms with Crippen molar-refractivity contribution in [3.05, 3.63) is 39.8 Å². The van der Waals surface area contributed by atoms with Crippen molar-refractivity contribution in [2.75, 3.05) is 11.9 Å². The molecule has 1 aromatic heterocycles. The summed E-state index contributed by atoms with van der Waals surface area (Å²) in [6, 6.07) is 9.99. The quantitative estimate of drug-likeness (QED) is 0.850. The van der Waals surface area contributed by atoms with Crippen molar-refractivity contribution in [2.45, 2.75) is 0 Å². The number of hydrogen-bond donors (Lipinski definition) is 0. The summed E-state index contributed by atoms with van der Waals surface area (Å²) in [4.78, 5) is 6.78. The van der Waals surface area contributed by atoms with Crippen molar-refractivity contribution in [3.63, 3.8) is 0 Å². The molecule has 0 radical (unpaired) electrons. The number of hydrogen-bond acceptors (Lipinski definition) is 4. The molecule has 5 heteroatoms. The molecule has 0 unspecified atom stereocenters. The van der Waals surface area contributed by atoms with Crippen LogP contribution in [0.15, 0.2) is 34.9 Å². The zero-order chi connectivity index (χ0) is 11.5. The number of benzene rings is 1. The third-order valence-electron chi connectivity index (χ3n) is 2.10. The average Bonchev–Trinajstić information content (AvgIpc) is 2.77. The average molecular weight is 294 g/mol. The zero-order valence-corrected chi connectivity index (χ0v) is 10.9. The Morgan fingerprint density at radius 3 is 2.81 bits per heavy atom. The second-order valence-electron chi connectivity index (χ2n) is 3.13. The van der Waals surface area contributed by atoms with E-state index in [1.807, 2.05) is 36.2 Å². The maximum Gasteiger partial charge on any atom is 0.190 e. The van der Waals surface area contributed by atoms with E-state index >= 15 is 0 Å². The van der Waals surface area contributed by atoms with Gasteiger partial charge in [0.15, 0.2) is 5.13 Å². The van der Waals surface area contributed by atoms with Crippen LogP contribution in [0, 0.1) is 11.3 Å². The van der Waals surface area contributed by atoms with Gasteiger partial charge in [0.25, 0.3) is 0 Å². The lowest BCUT2D eigenvalue weighted by Gasteiger charge is -2.16. The minimum atomic E-state index is 0.619. The van der Waals surface area contributed by atoms with E-state index in [0.717, 1.165) is 15.3 Å². The van der Waals surface area contributed by atoms with Crippen molar-refractivity contribution in [1.29, 1.82) is 5.26 Å². The molecule has 0 saturated heterocycles. The molecule has 80 valence electrons. The number of nitrogens with zero attached hydrogens (tertiary/aromatic N) is 3. The van der Waals surface area contributed by atoms with Crippen molar-refractivity contribution in [2.24, 2.45) is 0 Å². The zero-order valence-electron chi connectivity index (χ0n) is 8.51. The normalized spacial score (nSPS) is 9.81. The van der Waals surface area contributed by atoms with Gasteiger partial charge in [-0.2, -0.15) is 5.26 Å². The molecule has 0 aliphatic heterocycles. The highest BCUT2D eigenvalue weighted by Gasteiger charge is 2.10. The molecule has 16 heavy (non-hydrogen) atoms. The van der Waals surface area contributed by atoms with Gasteiger partial charge in [-0.15, -0.1) is 0 Å². The SMILES string of the molecule is CN(c1ncc(C#N)s1)c1ccccc1Br. The number of rotatable bonds is 2. The molecule has 0 fully saturated rings. The first-order chi connectivity index (χ1) is 7.72. The Hall–Kier alpha value is -1.38. The molecular formula is C11H8BrN3S. The first-order valence-electron chi connectivity index (χ1n) is 4.56. The standard InChI is InChI=1S/C11H8BrN3S/c1-15(10-5-3-2-4-9(10)12)11-14-7-8(6-13)16-11/h2-5,7H,1H3. The first-order valence-corrected chi connectivity index (χ1v) is 6.17. The van der Waals surface area contributed by atoms with E-state index in [2.05, 4.69) is 27.0 Å². The molecule has 1 aromatic carbocycles.